The Hall–Kier alpha value is -2.46. The fourth-order valence-electron chi connectivity index (χ4n) is 2.68. The topological polar surface area (TPSA) is 147 Å². The maximum atomic E-state index is 12.6. The predicted octanol–water partition coefficient (Wildman–Crippen LogP) is -0.0804. The molecule has 1 aliphatic heterocycles. The molecule has 0 bridgehead atoms. The van der Waals surface area contributed by atoms with Crippen molar-refractivity contribution in [1.82, 2.24) is 9.62 Å². The van der Waals surface area contributed by atoms with Gasteiger partial charge in [-0.2, -0.15) is 4.31 Å². The summed E-state index contributed by atoms with van der Waals surface area (Å²) < 4.78 is 26.5. The van der Waals surface area contributed by atoms with Gasteiger partial charge < -0.3 is 16.2 Å². The van der Waals surface area contributed by atoms with E-state index in [1.54, 1.807) is 0 Å². The van der Waals surface area contributed by atoms with Crippen LogP contribution in [0.2, 0.25) is 0 Å². The van der Waals surface area contributed by atoms with Crippen molar-refractivity contribution in [2.24, 2.45) is 5.73 Å². The van der Waals surface area contributed by atoms with Crippen LogP contribution in [0.5, 0.6) is 0 Å². The molecule has 0 aromatic heterocycles. The smallest absolute Gasteiger partial charge is 0.326 e. The van der Waals surface area contributed by atoms with E-state index in [0.717, 1.165) is 19.3 Å². The Morgan fingerprint density at radius 3 is 2.19 bits per heavy atom. The lowest BCUT2D eigenvalue weighted by Gasteiger charge is -2.25. The molecule has 1 saturated heterocycles. The number of carboxylic acid groups (broad SMARTS) is 1. The van der Waals surface area contributed by atoms with E-state index >= 15 is 0 Å². The first kappa shape index (κ1) is 19.9. The summed E-state index contributed by atoms with van der Waals surface area (Å²) in [6.07, 6.45) is 2.09. The minimum absolute atomic E-state index is 0.0721. The minimum atomic E-state index is -3.61. The first-order valence-electron chi connectivity index (χ1n) is 8.14. The van der Waals surface area contributed by atoms with Crippen molar-refractivity contribution in [3.63, 3.8) is 0 Å². The van der Waals surface area contributed by atoms with Gasteiger partial charge in [0.25, 0.3) is 5.91 Å². The van der Waals surface area contributed by atoms with E-state index < -0.39 is 40.3 Å². The highest BCUT2D eigenvalue weighted by Crippen LogP contribution is 2.20. The number of nitrogens with two attached hydrogens (primary N) is 1. The Balaban J connectivity index is 2.11. The molecule has 1 atom stereocenters. The lowest BCUT2D eigenvalue weighted by molar-refractivity contribution is -0.140. The molecule has 1 fully saturated rings. The molecule has 1 aromatic rings. The number of benzene rings is 1. The zero-order chi connectivity index (χ0) is 19.3. The summed E-state index contributed by atoms with van der Waals surface area (Å²) in [6.45, 7) is 0.940. The molecule has 0 aliphatic carbocycles. The predicted molar refractivity (Wildman–Crippen MR) is 91.8 cm³/mol. The third-order valence-corrected chi connectivity index (χ3v) is 5.99. The molecular formula is C16H21N3O6S. The van der Waals surface area contributed by atoms with Gasteiger partial charge >= 0.3 is 5.97 Å². The molecule has 1 aromatic carbocycles. The zero-order valence-electron chi connectivity index (χ0n) is 14.1. The quantitative estimate of drug-likeness (QED) is 0.600. The van der Waals surface area contributed by atoms with E-state index in [9.17, 15) is 22.8 Å². The molecule has 4 N–H and O–H groups in total. The van der Waals surface area contributed by atoms with E-state index in [2.05, 4.69) is 5.32 Å². The summed E-state index contributed by atoms with van der Waals surface area (Å²) in [5.41, 5.74) is 5.04. The highest BCUT2D eigenvalue weighted by molar-refractivity contribution is 7.89. The van der Waals surface area contributed by atoms with Gasteiger partial charge in [-0.25, -0.2) is 13.2 Å². The Morgan fingerprint density at radius 1 is 1.12 bits per heavy atom. The Labute approximate surface area is 151 Å². The molecule has 9 nitrogen and oxygen atoms in total. The number of aliphatic carboxylic acids is 1. The molecule has 26 heavy (non-hydrogen) atoms. The number of amides is 2. The lowest BCUT2D eigenvalue weighted by atomic mass is 10.1. The summed E-state index contributed by atoms with van der Waals surface area (Å²) in [4.78, 5) is 34.1. The SMILES string of the molecule is NC(=O)C[C@@H](NC(=O)c1ccc(S(=O)(=O)N2CCCCC2)cc1)C(=O)O. The molecule has 0 saturated carbocycles. The minimum Gasteiger partial charge on any atom is -0.480 e. The van der Waals surface area contributed by atoms with Gasteiger partial charge in [0.2, 0.25) is 15.9 Å². The van der Waals surface area contributed by atoms with E-state index in [1.807, 2.05) is 0 Å². The van der Waals surface area contributed by atoms with Gasteiger partial charge in [0, 0.05) is 18.7 Å². The maximum Gasteiger partial charge on any atom is 0.326 e. The Bertz CT molecular complexity index is 785. The number of rotatable bonds is 7. The summed E-state index contributed by atoms with van der Waals surface area (Å²) in [7, 11) is -3.61. The normalized spacial score (nSPS) is 16.6. The van der Waals surface area contributed by atoms with Crippen molar-refractivity contribution in [1.29, 1.82) is 0 Å². The largest absolute Gasteiger partial charge is 0.480 e. The fraction of sp³-hybridized carbons (Fsp3) is 0.438. The van der Waals surface area contributed by atoms with Crippen LogP contribution < -0.4 is 11.1 Å². The van der Waals surface area contributed by atoms with Crippen molar-refractivity contribution in [2.45, 2.75) is 36.6 Å². The third kappa shape index (κ3) is 4.79. The number of nitrogens with zero attached hydrogens (tertiary/aromatic N) is 1. The van der Waals surface area contributed by atoms with Crippen LogP contribution in [0.25, 0.3) is 0 Å². The third-order valence-electron chi connectivity index (χ3n) is 4.08. The van der Waals surface area contributed by atoms with E-state index in [4.69, 9.17) is 10.8 Å². The average Bonchev–Trinajstić information content (AvgIpc) is 2.61. The monoisotopic (exact) mass is 383 g/mol. The van der Waals surface area contributed by atoms with Gasteiger partial charge in [-0.15, -0.1) is 0 Å². The Kier molecular flexibility index (Phi) is 6.32. The molecule has 10 heteroatoms. The molecule has 2 rings (SSSR count). The molecule has 0 radical (unpaired) electrons. The molecule has 0 unspecified atom stereocenters. The standard InChI is InChI=1S/C16H21N3O6S/c17-14(20)10-13(16(22)23)18-15(21)11-4-6-12(7-5-11)26(24,25)19-8-2-1-3-9-19/h4-7,13H,1-3,8-10H2,(H2,17,20)(H,18,21)(H,22,23)/t13-/m1/s1. The van der Waals surface area contributed by atoms with Gasteiger partial charge in [0.15, 0.2) is 0 Å². The number of primary amides is 1. The van der Waals surface area contributed by atoms with Gasteiger partial charge in [-0.05, 0) is 37.1 Å². The molecule has 1 heterocycles. The van der Waals surface area contributed by atoms with Crippen LogP contribution in [0.3, 0.4) is 0 Å². The highest BCUT2D eigenvalue weighted by Gasteiger charge is 2.26. The van der Waals surface area contributed by atoms with E-state index in [1.165, 1.54) is 28.6 Å². The number of hydrogen-bond donors (Lipinski definition) is 3. The average molecular weight is 383 g/mol. The van der Waals surface area contributed by atoms with Crippen molar-refractivity contribution in [2.75, 3.05) is 13.1 Å². The fourth-order valence-corrected chi connectivity index (χ4v) is 4.19. The maximum absolute atomic E-state index is 12.6. The van der Waals surface area contributed by atoms with Gasteiger partial charge in [0.05, 0.1) is 11.3 Å². The molecule has 1 aliphatic rings. The van der Waals surface area contributed by atoms with E-state index in [-0.39, 0.29) is 10.5 Å². The number of carbonyl (C=O) groups excluding carboxylic acids is 2. The number of piperidine rings is 1. The van der Waals surface area contributed by atoms with Gasteiger partial charge in [-0.1, -0.05) is 6.42 Å². The van der Waals surface area contributed by atoms with Crippen molar-refractivity contribution >= 4 is 27.8 Å². The van der Waals surface area contributed by atoms with Crippen LogP contribution in [-0.2, 0) is 19.6 Å². The van der Waals surface area contributed by atoms with Crippen LogP contribution in [-0.4, -0.2) is 54.7 Å². The number of carbonyl (C=O) groups is 3. The number of hydrogen-bond acceptors (Lipinski definition) is 5. The second-order valence-electron chi connectivity index (χ2n) is 6.02. The van der Waals surface area contributed by atoms with Crippen LogP contribution in [0.4, 0.5) is 0 Å². The first-order valence-corrected chi connectivity index (χ1v) is 9.58. The summed E-state index contributed by atoms with van der Waals surface area (Å²) in [6, 6.07) is 3.77. The van der Waals surface area contributed by atoms with Gasteiger partial charge in [-0.3, -0.25) is 9.59 Å². The number of nitrogens with one attached hydrogen (secondary N) is 1. The molecular weight excluding hydrogens is 362 g/mol. The van der Waals surface area contributed by atoms with Crippen LogP contribution >= 0.6 is 0 Å². The Morgan fingerprint density at radius 2 is 1.69 bits per heavy atom. The highest BCUT2D eigenvalue weighted by atomic mass is 32.2. The van der Waals surface area contributed by atoms with Crippen molar-refractivity contribution in [3.8, 4) is 0 Å². The molecule has 0 spiro atoms. The van der Waals surface area contributed by atoms with Crippen LogP contribution in [0, 0.1) is 0 Å². The first-order chi connectivity index (χ1) is 12.2. The summed E-state index contributed by atoms with van der Waals surface area (Å²) in [5, 5.41) is 11.2. The van der Waals surface area contributed by atoms with E-state index in [0.29, 0.717) is 13.1 Å². The molecule has 2 amide bonds. The summed E-state index contributed by atoms with van der Waals surface area (Å²) in [5.74, 6) is -2.98. The van der Waals surface area contributed by atoms with Crippen molar-refractivity contribution in [3.05, 3.63) is 29.8 Å². The lowest BCUT2D eigenvalue weighted by Crippen LogP contribution is -2.43. The second kappa shape index (κ2) is 8.28. The second-order valence-corrected chi connectivity index (χ2v) is 7.96. The van der Waals surface area contributed by atoms with Crippen LogP contribution in [0.1, 0.15) is 36.0 Å². The number of carboxylic acids is 1. The molecule has 142 valence electrons. The number of sulfonamides is 1. The summed E-state index contributed by atoms with van der Waals surface area (Å²) >= 11 is 0. The van der Waals surface area contributed by atoms with Crippen molar-refractivity contribution < 1.29 is 27.9 Å². The van der Waals surface area contributed by atoms with Crippen LogP contribution in [0.15, 0.2) is 29.2 Å². The van der Waals surface area contributed by atoms with Gasteiger partial charge in [0.1, 0.15) is 6.04 Å². The zero-order valence-corrected chi connectivity index (χ0v) is 14.9.